The summed E-state index contributed by atoms with van der Waals surface area (Å²) in [6.07, 6.45) is 3.19. The van der Waals surface area contributed by atoms with E-state index in [4.69, 9.17) is 4.42 Å². The molecule has 3 rings (SSSR count). The van der Waals surface area contributed by atoms with Gasteiger partial charge in [-0.1, -0.05) is 13.8 Å². The molecule has 6 nitrogen and oxygen atoms in total. The fourth-order valence-corrected chi connectivity index (χ4v) is 4.84. The minimum absolute atomic E-state index is 0.00459. The second-order valence-corrected chi connectivity index (χ2v) is 8.80. The van der Waals surface area contributed by atoms with Crippen molar-refractivity contribution in [2.75, 3.05) is 13.1 Å². The number of furan rings is 1. The Morgan fingerprint density at radius 1 is 1.25 bits per heavy atom. The molecule has 1 aromatic heterocycles. The lowest BCUT2D eigenvalue weighted by Gasteiger charge is -2.28. The molecule has 1 amide bonds. The van der Waals surface area contributed by atoms with E-state index in [1.807, 2.05) is 6.92 Å². The van der Waals surface area contributed by atoms with Crippen molar-refractivity contribution < 1.29 is 22.0 Å². The van der Waals surface area contributed by atoms with Crippen LogP contribution in [0.4, 0.5) is 4.39 Å². The van der Waals surface area contributed by atoms with Gasteiger partial charge in [-0.05, 0) is 50.1 Å². The van der Waals surface area contributed by atoms with Crippen molar-refractivity contribution >= 4 is 15.9 Å². The molecule has 0 radical (unpaired) electrons. The first kappa shape index (κ1) is 20.5. The van der Waals surface area contributed by atoms with E-state index in [1.54, 1.807) is 30.9 Å². The lowest BCUT2D eigenvalue weighted by molar-refractivity contribution is 0.0647. The Kier molecular flexibility index (Phi) is 5.90. The van der Waals surface area contributed by atoms with Gasteiger partial charge >= 0.3 is 0 Å². The molecule has 28 heavy (non-hydrogen) atoms. The zero-order valence-corrected chi connectivity index (χ0v) is 17.1. The predicted molar refractivity (Wildman–Crippen MR) is 103 cm³/mol. The number of benzene rings is 1. The smallest absolute Gasteiger partial charge is 0.257 e. The molecule has 0 N–H and O–H groups in total. The van der Waals surface area contributed by atoms with Gasteiger partial charge in [0.05, 0.1) is 22.8 Å². The molecular weight excluding hydrogens is 383 g/mol. The summed E-state index contributed by atoms with van der Waals surface area (Å²) in [6, 6.07) is 6.52. The number of amides is 1. The largest absolute Gasteiger partial charge is 0.467 e. The molecule has 1 aromatic carbocycles. The summed E-state index contributed by atoms with van der Waals surface area (Å²) < 4.78 is 46.8. The van der Waals surface area contributed by atoms with Crippen LogP contribution in [-0.2, 0) is 10.0 Å². The van der Waals surface area contributed by atoms with Crippen molar-refractivity contribution in [3.8, 4) is 0 Å². The van der Waals surface area contributed by atoms with Crippen LogP contribution in [-0.4, -0.2) is 42.7 Å². The minimum Gasteiger partial charge on any atom is -0.467 e. The Morgan fingerprint density at radius 3 is 2.46 bits per heavy atom. The van der Waals surface area contributed by atoms with Crippen molar-refractivity contribution in [1.29, 1.82) is 0 Å². The fraction of sp³-hybridized carbons (Fsp3) is 0.450. The standard InChI is InChI=1S/C20H25FN2O4S/c1-4-22(5-2)28(25,26)16-10-11-18(21)17(13-16)20(24)23(15-8-9-15)14(3)19-7-6-12-27-19/h6-7,10-15H,4-5,8-9H2,1-3H3. The van der Waals surface area contributed by atoms with Crippen molar-refractivity contribution in [1.82, 2.24) is 9.21 Å². The van der Waals surface area contributed by atoms with Gasteiger partial charge in [-0.25, -0.2) is 12.8 Å². The Hall–Kier alpha value is -2.19. The number of sulfonamides is 1. The molecule has 0 bridgehead atoms. The Bertz CT molecular complexity index is 935. The van der Waals surface area contributed by atoms with Crippen molar-refractivity contribution in [2.24, 2.45) is 0 Å². The van der Waals surface area contributed by atoms with Crippen LogP contribution in [0.25, 0.3) is 0 Å². The quantitative estimate of drug-likeness (QED) is 0.666. The monoisotopic (exact) mass is 408 g/mol. The average Bonchev–Trinajstić information content (AvgIpc) is 3.33. The van der Waals surface area contributed by atoms with E-state index in [0.717, 1.165) is 25.0 Å². The number of halogens is 1. The summed E-state index contributed by atoms with van der Waals surface area (Å²) in [5.41, 5.74) is -0.237. The highest BCUT2D eigenvalue weighted by atomic mass is 32.2. The van der Waals surface area contributed by atoms with E-state index in [-0.39, 0.29) is 22.5 Å². The summed E-state index contributed by atoms with van der Waals surface area (Å²) in [6.45, 7) is 5.88. The second kappa shape index (κ2) is 8.05. The lowest BCUT2D eigenvalue weighted by atomic mass is 10.1. The SMILES string of the molecule is CCN(CC)S(=O)(=O)c1ccc(F)c(C(=O)N(C2CC2)C(C)c2ccco2)c1. The normalized spacial score (nSPS) is 15.6. The van der Waals surface area contributed by atoms with Crippen LogP contribution in [0.1, 0.15) is 55.8 Å². The maximum atomic E-state index is 14.5. The number of carbonyl (C=O) groups is 1. The van der Waals surface area contributed by atoms with E-state index in [2.05, 4.69) is 0 Å². The van der Waals surface area contributed by atoms with Crippen molar-refractivity contribution in [2.45, 2.75) is 50.6 Å². The molecule has 1 heterocycles. The number of hydrogen-bond donors (Lipinski definition) is 0. The summed E-state index contributed by atoms with van der Waals surface area (Å²) in [4.78, 5) is 14.7. The molecule has 1 unspecified atom stereocenters. The van der Waals surface area contributed by atoms with Crippen LogP contribution < -0.4 is 0 Å². The first-order valence-electron chi connectivity index (χ1n) is 9.47. The molecule has 152 valence electrons. The van der Waals surface area contributed by atoms with Gasteiger partial charge in [-0.2, -0.15) is 4.31 Å². The molecule has 1 atom stereocenters. The minimum atomic E-state index is -3.79. The topological polar surface area (TPSA) is 70.8 Å². The van der Waals surface area contributed by atoms with Crippen LogP contribution in [0.5, 0.6) is 0 Å². The third-order valence-corrected chi connectivity index (χ3v) is 7.10. The molecule has 0 spiro atoms. The maximum absolute atomic E-state index is 14.5. The summed E-state index contributed by atoms with van der Waals surface area (Å²) >= 11 is 0. The molecule has 8 heteroatoms. The first-order chi connectivity index (χ1) is 13.3. The number of rotatable bonds is 8. The molecule has 0 saturated heterocycles. The second-order valence-electron chi connectivity index (χ2n) is 6.87. The van der Waals surface area contributed by atoms with E-state index in [0.29, 0.717) is 18.8 Å². The molecule has 1 fully saturated rings. The third kappa shape index (κ3) is 3.84. The van der Waals surface area contributed by atoms with Gasteiger partial charge in [-0.3, -0.25) is 4.79 Å². The predicted octanol–water partition coefficient (Wildman–Crippen LogP) is 3.82. The van der Waals surface area contributed by atoms with Crippen LogP contribution >= 0.6 is 0 Å². The van der Waals surface area contributed by atoms with E-state index in [1.165, 1.54) is 16.6 Å². The summed E-state index contributed by atoms with van der Waals surface area (Å²) in [7, 11) is -3.79. The summed E-state index contributed by atoms with van der Waals surface area (Å²) in [5, 5.41) is 0. The van der Waals surface area contributed by atoms with Crippen LogP contribution in [0.15, 0.2) is 45.9 Å². The van der Waals surface area contributed by atoms with Crippen LogP contribution in [0.3, 0.4) is 0 Å². The zero-order chi connectivity index (χ0) is 20.5. The fourth-order valence-electron chi connectivity index (χ4n) is 3.36. The van der Waals surface area contributed by atoms with Gasteiger partial charge in [0.1, 0.15) is 11.6 Å². The van der Waals surface area contributed by atoms with Crippen molar-refractivity contribution in [3.05, 3.63) is 53.7 Å². The third-order valence-electron chi connectivity index (χ3n) is 5.06. The Labute approximate surface area is 165 Å². The van der Waals surface area contributed by atoms with Gasteiger partial charge in [0.25, 0.3) is 5.91 Å². The number of carbonyl (C=O) groups excluding carboxylic acids is 1. The highest BCUT2D eigenvalue weighted by Crippen LogP contribution is 2.36. The van der Waals surface area contributed by atoms with Gasteiger partial charge in [0.2, 0.25) is 10.0 Å². The highest BCUT2D eigenvalue weighted by Gasteiger charge is 2.39. The van der Waals surface area contributed by atoms with Gasteiger partial charge in [0.15, 0.2) is 0 Å². The van der Waals surface area contributed by atoms with Gasteiger partial charge in [0, 0.05) is 19.1 Å². The molecule has 0 aliphatic heterocycles. The molecule has 1 aliphatic rings. The van der Waals surface area contributed by atoms with E-state index >= 15 is 0 Å². The molecule has 2 aromatic rings. The average molecular weight is 408 g/mol. The number of hydrogen-bond acceptors (Lipinski definition) is 4. The maximum Gasteiger partial charge on any atom is 0.257 e. The number of nitrogens with zero attached hydrogens (tertiary/aromatic N) is 2. The van der Waals surface area contributed by atoms with Crippen molar-refractivity contribution in [3.63, 3.8) is 0 Å². The van der Waals surface area contributed by atoms with Crippen LogP contribution in [0, 0.1) is 5.82 Å². The van der Waals surface area contributed by atoms with Gasteiger partial charge < -0.3 is 9.32 Å². The lowest BCUT2D eigenvalue weighted by Crippen LogP contribution is -2.36. The Balaban J connectivity index is 1.99. The first-order valence-corrected chi connectivity index (χ1v) is 10.9. The Morgan fingerprint density at radius 2 is 1.93 bits per heavy atom. The molecule has 1 saturated carbocycles. The van der Waals surface area contributed by atoms with E-state index < -0.39 is 21.7 Å². The molecular formula is C20H25FN2O4S. The van der Waals surface area contributed by atoms with Crippen LogP contribution in [0.2, 0.25) is 0 Å². The molecule has 1 aliphatic carbocycles. The zero-order valence-electron chi connectivity index (χ0n) is 16.3. The van der Waals surface area contributed by atoms with E-state index in [9.17, 15) is 17.6 Å². The van der Waals surface area contributed by atoms with Gasteiger partial charge in [-0.15, -0.1) is 0 Å². The highest BCUT2D eigenvalue weighted by molar-refractivity contribution is 7.89. The summed E-state index contributed by atoms with van der Waals surface area (Å²) in [5.74, 6) is -0.658.